The SMILES string of the molecule is O=C(NCCCCC(F)(F)F)c1ccc(Cl)nc1Cl. The minimum Gasteiger partial charge on any atom is -0.352 e. The molecule has 0 radical (unpaired) electrons. The zero-order valence-corrected chi connectivity index (χ0v) is 11.2. The molecule has 1 N–H and O–H groups in total. The number of rotatable bonds is 5. The molecule has 1 amide bonds. The second-order valence-corrected chi connectivity index (χ2v) is 4.55. The van der Waals surface area contributed by atoms with Crippen LogP contribution >= 0.6 is 23.2 Å². The number of nitrogens with zero attached hydrogens (tertiary/aromatic N) is 1. The fourth-order valence-corrected chi connectivity index (χ4v) is 1.76. The molecule has 3 nitrogen and oxygen atoms in total. The van der Waals surface area contributed by atoms with Gasteiger partial charge in [-0.1, -0.05) is 23.2 Å². The highest BCUT2D eigenvalue weighted by molar-refractivity contribution is 6.34. The number of hydrogen-bond donors (Lipinski definition) is 1. The third kappa shape index (κ3) is 6.11. The third-order valence-electron chi connectivity index (χ3n) is 2.23. The molecule has 1 heterocycles. The van der Waals surface area contributed by atoms with Crippen molar-refractivity contribution in [3.63, 3.8) is 0 Å². The van der Waals surface area contributed by atoms with Gasteiger partial charge in [0, 0.05) is 13.0 Å². The molecule has 0 spiro atoms. The molecule has 8 heteroatoms. The first-order valence-corrected chi connectivity index (χ1v) is 6.22. The third-order valence-corrected chi connectivity index (χ3v) is 2.73. The van der Waals surface area contributed by atoms with Crippen LogP contribution in [0.2, 0.25) is 10.3 Å². The van der Waals surface area contributed by atoms with Gasteiger partial charge in [-0.05, 0) is 25.0 Å². The number of halogens is 5. The smallest absolute Gasteiger partial charge is 0.352 e. The van der Waals surface area contributed by atoms with E-state index in [9.17, 15) is 18.0 Å². The molecular weight excluding hydrogens is 304 g/mol. The average Bonchev–Trinajstić information content (AvgIpc) is 2.26. The van der Waals surface area contributed by atoms with Gasteiger partial charge in [0.15, 0.2) is 0 Å². The second-order valence-electron chi connectivity index (χ2n) is 3.80. The van der Waals surface area contributed by atoms with E-state index in [0.717, 1.165) is 0 Å². The monoisotopic (exact) mass is 314 g/mol. The summed E-state index contributed by atoms with van der Waals surface area (Å²) >= 11 is 11.3. The summed E-state index contributed by atoms with van der Waals surface area (Å²) in [5.74, 6) is -0.485. The first-order chi connectivity index (χ1) is 8.79. The average molecular weight is 315 g/mol. The Balaban J connectivity index is 2.36. The van der Waals surface area contributed by atoms with Crippen molar-refractivity contribution >= 4 is 29.1 Å². The molecule has 106 valence electrons. The molecule has 0 aliphatic carbocycles. The maximum absolute atomic E-state index is 11.9. The van der Waals surface area contributed by atoms with Gasteiger partial charge in [0.05, 0.1) is 5.56 Å². The molecule has 0 fully saturated rings. The summed E-state index contributed by atoms with van der Waals surface area (Å²) in [5, 5.41) is 2.59. The summed E-state index contributed by atoms with van der Waals surface area (Å²) in [6.07, 6.45) is -4.81. The number of hydrogen-bond acceptors (Lipinski definition) is 2. The van der Waals surface area contributed by atoms with E-state index in [2.05, 4.69) is 10.3 Å². The maximum Gasteiger partial charge on any atom is 0.389 e. The standard InChI is InChI=1S/C11H11Cl2F3N2O/c12-8-4-3-7(9(13)18-8)10(19)17-6-2-1-5-11(14,15)16/h3-4H,1-2,5-6H2,(H,17,19). The number of amides is 1. The molecule has 0 saturated carbocycles. The summed E-state index contributed by atoms with van der Waals surface area (Å²) in [6, 6.07) is 2.81. The first kappa shape index (κ1) is 16.0. The Labute approximate surface area is 118 Å². The highest BCUT2D eigenvalue weighted by atomic mass is 35.5. The zero-order chi connectivity index (χ0) is 14.5. The van der Waals surface area contributed by atoms with E-state index in [4.69, 9.17) is 23.2 Å². The van der Waals surface area contributed by atoms with E-state index in [1.54, 1.807) is 0 Å². The van der Waals surface area contributed by atoms with Crippen LogP contribution in [0.5, 0.6) is 0 Å². The van der Waals surface area contributed by atoms with Crippen molar-refractivity contribution in [3.05, 3.63) is 28.0 Å². The predicted molar refractivity (Wildman–Crippen MR) is 66.5 cm³/mol. The maximum atomic E-state index is 11.9. The highest BCUT2D eigenvalue weighted by Crippen LogP contribution is 2.22. The molecule has 0 aliphatic heterocycles. The van der Waals surface area contributed by atoms with Crippen LogP contribution < -0.4 is 5.32 Å². The Bertz CT molecular complexity index is 452. The number of carbonyl (C=O) groups is 1. The Kier molecular flexibility index (Phi) is 5.87. The lowest BCUT2D eigenvalue weighted by Crippen LogP contribution is -2.25. The van der Waals surface area contributed by atoms with Crippen LogP contribution in [0.3, 0.4) is 0 Å². The van der Waals surface area contributed by atoms with Gasteiger partial charge in [0.1, 0.15) is 10.3 Å². The quantitative estimate of drug-likeness (QED) is 0.662. The minimum atomic E-state index is -4.16. The van der Waals surface area contributed by atoms with Crippen LogP contribution in [0, 0.1) is 0 Å². The van der Waals surface area contributed by atoms with Crippen molar-refractivity contribution in [1.29, 1.82) is 0 Å². The predicted octanol–water partition coefficient (Wildman–Crippen LogP) is 3.85. The largest absolute Gasteiger partial charge is 0.389 e. The summed E-state index contributed by atoms with van der Waals surface area (Å²) < 4.78 is 35.6. The van der Waals surface area contributed by atoms with Crippen molar-refractivity contribution in [2.45, 2.75) is 25.4 Å². The van der Waals surface area contributed by atoms with E-state index in [1.165, 1.54) is 12.1 Å². The molecular formula is C11H11Cl2F3N2O. The molecule has 0 aliphatic rings. The number of alkyl halides is 3. The minimum absolute atomic E-state index is 0.0314. The number of unbranched alkanes of at least 4 members (excludes halogenated alkanes) is 1. The molecule has 19 heavy (non-hydrogen) atoms. The van der Waals surface area contributed by atoms with Gasteiger partial charge in [-0.15, -0.1) is 0 Å². The molecule has 0 unspecified atom stereocenters. The van der Waals surface area contributed by atoms with Crippen LogP contribution in [0.15, 0.2) is 12.1 Å². The number of aromatic nitrogens is 1. The molecule has 0 bridgehead atoms. The normalized spacial score (nSPS) is 11.4. The lowest BCUT2D eigenvalue weighted by atomic mass is 10.2. The lowest BCUT2D eigenvalue weighted by molar-refractivity contribution is -0.135. The molecule has 0 saturated heterocycles. The van der Waals surface area contributed by atoms with Crippen LogP contribution in [0.4, 0.5) is 13.2 Å². The Hall–Kier alpha value is -1.01. The topological polar surface area (TPSA) is 42.0 Å². The molecule has 0 aromatic carbocycles. The van der Waals surface area contributed by atoms with Crippen LogP contribution in [-0.4, -0.2) is 23.6 Å². The van der Waals surface area contributed by atoms with Gasteiger partial charge < -0.3 is 5.32 Å². The Morgan fingerprint density at radius 1 is 1.26 bits per heavy atom. The summed E-state index contributed by atoms with van der Waals surface area (Å²) in [5.41, 5.74) is 0.141. The zero-order valence-electron chi connectivity index (χ0n) is 9.73. The van der Waals surface area contributed by atoms with E-state index >= 15 is 0 Å². The van der Waals surface area contributed by atoms with Crippen molar-refractivity contribution in [3.8, 4) is 0 Å². The van der Waals surface area contributed by atoms with Gasteiger partial charge in [0.2, 0.25) is 0 Å². The van der Waals surface area contributed by atoms with Crippen LogP contribution in [0.1, 0.15) is 29.6 Å². The first-order valence-electron chi connectivity index (χ1n) is 5.46. The van der Waals surface area contributed by atoms with Crippen molar-refractivity contribution in [2.24, 2.45) is 0 Å². The van der Waals surface area contributed by atoms with E-state index in [0.29, 0.717) is 0 Å². The summed E-state index contributed by atoms with van der Waals surface area (Å²) in [4.78, 5) is 15.3. The van der Waals surface area contributed by atoms with Gasteiger partial charge >= 0.3 is 6.18 Å². The number of pyridine rings is 1. The summed E-state index contributed by atoms with van der Waals surface area (Å²) in [7, 11) is 0. The number of carbonyl (C=O) groups excluding carboxylic acids is 1. The van der Waals surface area contributed by atoms with Crippen LogP contribution in [0.25, 0.3) is 0 Å². The van der Waals surface area contributed by atoms with Gasteiger partial charge in [-0.2, -0.15) is 13.2 Å². The summed E-state index contributed by atoms with van der Waals surface area (Å²) in [6.45, 7) is 0.147. The number of nitrogens with one attached hydrogen (secondary N) is 1. The molecule has 1 rings (SSSR count). The lowest BCUT2D eigenvalue weighted by Gasteiger charge is -2.08. The fourth-order valence-electron chi connectivity index (χ4n) is 1.33. The molecule has 1 aromatic heterocycles. The fraction of sp³-hybridized carbons (Fsp3) is 0.455. The van der Waals surface area contributed by atoms with E-state index in [1.807, 2.05) is 0 Å². The van der Waals surface area contributed by atoms with Crippen molar-refractivity contribution in [2.75, 3.05) is 6.54 Å². The molecule has 0 atom stereocenters. The molecule has 1 aromatic rings. The van der Waals surface area contributed by atoms with E-state index < -0.39 is 18.5 Å². The van der Waals surface area contributed by atoms with Gasteiger partial charge in [0.25, 0.3) is 5.91 Å². The Morgan fingerprint density at radius 2 is 1.95 bits per heavy atom. The van der Waals surface area contributed by atoms with Crippen LogP contribution in [-0.2, 0) is 0 Å². The van der Waals surface area contributed by atoms with Gasteiger partial charge in [-0.25, -0.2) is 4.98 Å². The highest BCUT2D eigenvalue weighted by Gasteiger charge is 2.25. The van der Waals surface area contributed by atoms with Crippen molar-refractivity contribution < 1.29 is 18.0 Å². The van der Waals surface area contributed by atoms with Crippen molar-refractivity contribution in [1.82, 2.24) is 10.3 Å². The van der Waals surface area contributed by atoms with E-state index in [-0.39, 0.29) is 35.3 Å². The Morgan fingerprint density at radius 3 is 2.53 bits per heavy atom. The second kappa shape index (κ2) is 6.96. The van der Waals surface area contributed by atoms with Gasteiger partial charge in [-0.3, -0.25) is 4.79 Å².